The van der Waals surface area contributed by atoms with E-state index < -0.39 is 0 Å². The minimum Gasteiger partial charge on any atom is -0.497 e. The molecular formula is C13H16N2O3S. The summed E-state index contributed by atoms with van der Waals surface area (Å²) >= 11 is 1.46. The van der Waals surface area contributed by atoms with Gasteiger partial charge in [-0.15, -0.1) is 0 Å². The lowest BCUT2D eigenvalue weighted by Crippen LogP contribution is -2.14. The number of oxazole rings is 1. The topological polar surface area (TPSA) is 70.5 Å². The maximum absolute atomic E-state index is 6.19. The van der Waals surface area contributed by atoms with Crippen molar-refractivity contribution in [3.8, 4) is 11.5 Å². The van der Waals surface area contributed by atoms with Crippen LogP contribution in [0.4, 0.5) is 0 Å². The van der Waals surface area contributed by atoms with E-state index in [4.69, 9.17) is 19.6 Å². The third-order valence-electron chi connectivity index (χ3n) is 2.63. The number of hydrogen-bond acceptors (Lipinski definition) is 6. The zero-order chi connectivity index (χ0) is 13.7. The van der Waals surface area contributed by atoms with Gasteiger partial charge in [0, 0.05) is 17.4 Å². The van der Waals surface area contributed by atoms with Crippen LogP contribution in [-0.4, -0.2) is 25.0 Å². The van der Waals surface area contributed by atoms with Crippen molar-refractivity contribution >= 4 is 11.8 Å². The lowest BCUT2D eigenvalue weighted by Gasteiger charge is -2.15. The molecule has 102 valence electrons. The van der Waals surface area contributed by atoms with Crippen LogP contribution in [0.15, 0.2) is 40.3 Å². The molecule has 0 spiro atoms. The number of thioether (sulfide) groups is 1. The molecule has 0 saturated carbocycles. The van der Waals surface area contributed by atoms with Crippen LogP contribution in [0.1, 0.15) is 11.6 Å². The molecule has 1 unspecified atom stereocenters. The Kier molecular flexibility index (Phi) is 4.70. The monoisotopic (exact) mass is 280 g/mol. The average molecular weight is 280 g/mol. The summed E-state index contributed by atoms with van der Waals surface area (Å²) in [5, 5.41) is 0.609. The number of nitrogens with zero attached hydrogens (tertiary/aromatic N) is 1. The first-order valence-corrected chi connectivity index (χ1v) is 6.73. The number of aromatic nitrogens is 1. The third kappa shape index (κ3) is 3.42. The van der Waals surface area contributed by atoms with E-state index in [9.17, 15) is 0 Å². The fourth-order valence-corrected chi connectivity index (χ4v) is 2.42. The summed E-state index contributed by atoms with van der Waals surface area (Å²) < 4.78 is 15.7. The molecule has 1 aromatic heterocycles. The molecule has 2 aromatic rings. The van der Waals surface area contributed by atoms with Crippen LogP contribution in [0.3, 0.4) is 0 Å². The second kappa shape index (κ2) is 6.49. The molecule has 0 aliphatic rings. The van der Waals surface area contributed by atoms with Gasteiger partial charge in [0.15, 0.2) is 0 Å². The number of methoxy groups -OCH3 is 2. The second-order valence-corrected chi connectivity index (χ2v) is 4.79. The van der Waals surface area contributed by atoms with Crippen molar-refractivity contribution in [3.05, 3.63) is 36.2 Å². The van der Waals surface area contributed by atoms with Crippen LogP contribution in [0.25, 0.3) is 0 Å². The maximum Gasteiger partial charge on any atom is 0.255 e. The van der Waals surface area contributed by atoms with Crippen LogP contribution in [0, 0.1) is 0 Å². The van der Waals surface area contributed by atoms with Crippen molar-refractivity contribution in [3.63, 3.8) is 0 Å². The van der Waals surface area contributed by atoms with Gasteiger partial charge in [-0.3, -0.25) is 0 Å². The van der Waals surface area contributed by atoms with Crippen LogP contribution in [0.2, 0.25) is 0 Å². The smallest absolute Gasteiger partial charge is 0.255 e. The Morgan fingerprint density at radius 2 is 2.21 bits per heavy atom. The molecule has 0 amide bonds. The summed E-state index contributed by atoms with van der Waals surface area (Å²) in [6.45, 7) is 0. The number of benzene rings is 1. The van der Waals surface area contributed by atoms with Gasteiger partial charge in [0.1, 0.15) is 17.8 Å². The second-order valence-electron chi connectivity index (χ2n) is 3.82. The van der Waals surface area contributed by atoms with E-state index in [0.717, 1.165) is 17.1 Å². The Balaban J connectivity index is 2.10. The quantitative estimate of drug-likeness (QED) is 0.820. The normalized spacial score (nSPS) is 12.2. The highest BCUT2D eigenvalue weighted by Gasteiger charge is 2.14. The molecule has 1 atom stereocenters. The Morgan fingerprint density at radius 3 is 2.84 bits per heavy atom. The summed E-state index contributed by atoms with van der Waals surface area (Å²) in [5.41, 5.74) is 7.09. The van der Waals surface area contributed by atoms with Crippen molar-refractivity contribution in [1.82, 2.24) is 4.98 Å². The van der Waals surface area contributed by atoms with Gasteiger partial charge in [-0.2, -0.15) is 0 Å². The molecule has 2 N–H and O–H groups in total. The Labute approximate surface area is 116 Å². The van der Waals surface area contributed by atoms with E-state index in [1.165, 1.54) is 11.8 Å². The molecule has 19 heavy (non-hydrogen) atoms. The van der Waals surface area contributed by atoms with E-state index >= 15 is 0 Å². The lowest BCUT2D eigenvalue weighted by molar-refractivity contribution is 0.396. The summed E-state index contributed by atoms with van der Waals surface area (Å²) in [4.78, 5) is 4.04. The first kappa shape index (κ1) is 13.8. The molecule has 1 aromatic carbocycles. The SMILES string of the molecule is COc1ccc(OC)c(C(N)CSc2ncco2)c1. The van der Waals surface area contributed by atoms with Crippen molar-refractivity contribution in [1.29, 1.82) is 0 Å². The van der Waals surface area contributed by atoms with Crippen molar-refractivity contribution in [2.75, 3.05) is 20.0 Å². The molecule has 2 rings (SSSR count). The van der Waals surface area contributed by atoms with E-state index in [-0.39, 0.29) is 6.04 Å². The van der Waals surface area contributed by atoms with Crippen molar-refractivity contribution in [2.45, 2.75) is 11.3 Å². The van der Waals surface area contributed by atoms with Crippen LogP contribution < -0.4 is 15.2 Å². The van der Waals surface area contributed by atoms with Gasteiger partial charge in [0.05, 0.1) is 20.4 Å². The van der Waals surface area contributed by atoms with E-state index in [1.807, 2.05) is 18.2 Å². The van der Waals surface area contributed by atoms with Gasteiger partial charge in [-0.05, 0) is 18.2 Å². The molecule has 0 fully saturated rings. The summed E-state index contributed by atoms with van der Waals surface area (Å²) in [6, 6.07) is 5.39. The summed E-state index contributed by atoms with van der Waals surface area (Å²) in [5.74, 6) is 2.15. The minimum absolute atomic E-state index is 0.193. The van der Waals surface area contributed by atoms with Crippen molar-refractivity contribution < 1.29 is 13.9 Å². The fourth-order valence-electron chi connectivity index (χ4n) is 1.66. The summed E-state index contributed by atoms with van der Waals surface area (Å²) in [7, 11) is 3.25. The van der Waals surface area contributed by atoms with Gasteiger partial charge in [0.2, 0.25) is 0 Å². The first-order valence-electron chi connectivity index (χ1n) is 5.74. The van der Waals surface area contributed by atoms with Crippen LogP contribution in [-0.2, 0) is 0 Å². The molecule has 0 radical (unpaired) electrons. The Bertz CT molecular complexity index is 517. The number of rotatable bonds is 6. The highest BCUT2D eigenvalue weighted by Crippen LogP contribution is 2.31. The molecule has 0 bridgehead atoms. The minimum atomic E-state index is -0.193. The molecule has 6 heteroatoms. The van der Waals surface area contributed by atoms with E-state index in [2.05, 4.69) is 4.98 Å². The number of nitrogens with two attached hydrogens (primary N) is 1. The molecule has 0 aliphatic heterocycles. The maximum atomic E-state index is 6.19. The Morgan fingerprint density at radius 1 is 1.37 bits per heavy atom. The number of hydrogen-bond donors (Lipinski definition) is 1. The van der Waals surface area contributed by atoms with Gasteiger partial charge < -0.3 is 19.6 Å². The van der Waals surface area contributed by atoms with Gasteiger partial charge >= 0.3 is 0 Å². The Hall–Kier alpha value is -1.66. The van der Waals surface area contributed by atoms with Crippen LogP contribution in [0.5, 0.6) is 11.5 Å². The lowest BCUT2D eigenvalue weighted by atomic mass is 10.1. The highest BCUT2D eigenvalue weighted by molar-refractivity contribution is 7.99. The zero-order valence-electron chi connectivity index (χ0n) is 10.8. The predicted molar refractivity (Wildman–Crippen MR) is 73.7 cm³/mol. The summed E-state index contributed by atoms with van der Waals surface area (Å²) in [6.07, 6.45) is 3.15. The number of ether oxygens (including phenoxy) is 2. The molecular weight excluding hydrogens is 264 g/mol. The molecule has 1 heterocycles. The highest BCUT2D eigenvalue weighted by atomic mass is 32.2. The van der Waals surface area contributed by atoms with Crippen LogP contribution >= 0.6 is 11.8 Å². The molecule has 0 aliphatic carbocycles. The standard InChI is InChI=1S/C13H16N2O3S/c1-16-9-3-4-12(17-2)10(7-9)11(14)8-19-13-15-5-6-18-13/h3-7,11H,8,14H2,1-2H3. The van der Waals surface area contributed by atoms with Gasteiger partial charge in [-0.1, -0.05) is 11.8 Å². The van der Waals surface area contributed by atoms with Gasteiger partial charge in [-0.25, -0.2) is 4.98 Å². The predicted octanol–water partition coefficient (Wildman–Crippen LogP) is 2.48. The first-order chi connectivity index (χ1) is 9.24. The third-order valence-corrected chi connectivity index (χ3v) is 3.61. The fraction of sp³-hybridized carbons (Fsp3) is 0.308. The largest absolute Gasteiger partial charge is 0.497 e. The molecule has 5 nitrogen and oxygen atoms in total. The van der Waals surface area contributed by atoms with E-state index in [0.29, 0.717) is 11.0 Å². The zero-order valence-corrected chi connectivity index (χ0v) is 11.6. The average Bonchev–Trinajstić information content (AvgIpc) is 2.97. The van der Waals surface area contributed by atoms with Gasteiger partial charge in [0.25, 0.3) is 5.22 Å². The van der Waals surface area contributed by atoms with E-state index in [1.54, 1.807) is 26.7 Å². The molecule has 0 saturated heterocycles. The van der Waals surface area contributed by atoms with Crippen molar-refractivity contribution in [2.24, 2.45) is 5.73 Å².